The van der Waals surface area contributed by atoms with Gasteiger partial charge in [-0.1, -0.05) is 0 Å². The molecule has 50 valence electrons. The maximum absolute atomic E-state index is 10.4. The quantitative estimate of drug-likeness (QED) is 0.625. The molecule has 0 amide bonds. The van der Waals surface area contributed by atoms with Crippen LogP contribution < -0.4 is 0 Å². The third kappa shape index (κ3) is 6.44. The SMILES string of the molecule is CP(=O)(Cl)OCCO. The number of halogens is 1. The highest BCUT2D eigenvalue weighted by molar-refractivity contribution is 7.84. The molecule has 0 rings (SSSR count). The van der Waals surface area contributed by atoms with Crippen molar-refractivity contribution in [1.82, 2.24) is 0 Å². The summed E-state index contributed by atoms with van der Waals surface area (Å²) in [6.45, 7) is -1.70. The molecule has 0 aromatic carbocycles. The zero-order chi connectivity index (χ0) is 6.62. The Balaban J connectivity index is 3.26. The standard InChI is InChI=1S/C3H8ClO3P/c1-8(4,6)7-3-2-5/h5H,2-3H2,1H3. The highest BCUT2D eigenvalue weighted by Crippen LogP contribution is 2.47. The molecule has 0 fully saturated rings. The molecule has 1 atom stereocenters. The molecule has 0 spiro atoms. The van der Waals surface area contributed by atoms with E-state index in [4.69, 9.17) is 16.3 Å². The van der Waals surface area contributed by atoms with Crippen molar-refractivity contribution in [2.24, 2.45) is 0 Å². The molecule has 5 heteroatoms. The van der Waals surface area contributed by atoms with Gasteiger partial charge in [-0.15, -0.1) is 0 Å². The van der Waals surface area contributed by atoms with E-state index in [0.29, 0.717) is 0 Å². The molecule has 0 bridgehead atoms. The van der Waals surface area contributed by atoms with Crippen molar-refractivity contribution in [3.8, 4) is 0 Å². The van der Waals surface area contributed by atoms with E-state index in [2.05, 4.69) is 4.52 Å². The number of aliphatic hydroxyl groups is 1. The summed E-state index contributed by atoms with van der Waals surface area (Å²) in [6, 6.07) is 0. The van der Waals surface area contributed by atoms with E-state index in [1.165, 1.54) is 6.66 Å². The van der Waals surface area contributed by atoms with E-state index < -0.39 is 6.72 Å². The van der Waals surface area contributed by atoms with E-state index in [1.54, 1.807) is 0 Å². The Hall–Kier alpha value is 0.440. The van der Waals surface area contributed by atoms with Crippen LogP contribution in [0.4, 0.5) is 0 Å². The number of hydrogen-bond donors (Lipinski definition) is 1. The second kappa shape index (κ2) is 3.46. The van der Waals surface area contributed by atoms with Crippen LogP contribution >= 0.6 is 18.0 Å². The maximum atomic E-state index is 10.4. The molecule has 0 saturated heterocycles. The van der Waals surface area contributed by atoms with Gasteiger partial charge in [-0.2, -0.15) is 0 Å². The van der Waals surface area contributed by atoms with Gasteiger partial charge in [-0.25, -0.2) is 0 Å². The molecule has 0 aliphatic rings. The average molecular weight is 159 g/mol. The summed E-state index contributed by atoms with van der Waals surface area (Å²) in [5.41, 5.74) is 0. The summed E-state index contributed by atoms with van der Waals surface area (Å²) >= 11 is 5.13. The fourth-order valence-electron chi connectivity index (χ4n) is 0.204. The summed E-state index contributed by atoms with van der Waals surface area (Å²) in [6.07, 6.45) is 0. The van der Waals surface area contributed by atoms with Crippen LogP contribution in [0, 0.1) is 0 Å². The van der Waals surface area contributed by atoms with Crippen LogP contribution in [0.3, 0.4) is 0 Å². The van der Waals surface area contributed by atoms with E-state index in [1.807, 2.05) is 0 Å². The summed E-state index contributed by atoms with van der Waals surface area (Å²) in [4.78, 5) is 0. The third-order valence-corrected chi connectivity index (χ3v) is 1.35. The first-order valence-electron chi connectivity index (χ1n) is 2.09. The lowest BCUT2D eigenvalue weighted by Gasteiger charge is -2.01. The Kier molecular flexibility index (Phi) is 3.65. The largest absolute Gasteiger partial charge is 0.394 e. The Morgan fingerprint density at radius 2 is 2.38 bits per heavy atom. The topological polar surface area (TPSA) is 46.5 Å². The summed E-state index contributed by atoms with van der Waals surface area (Å²) in [7, 11) is 0. The van der Waals surface area contributed by atoms with Gasteiger partial charge < -0.3 is 9.63 Å². The minimum absolute atomic E-state index is 0.0390. The van der Waals surface area contributed by atoms with E-state index in [-0.39, 0.29) is 13.2 Å². The normalized spacial score (nSPS) is 17.9. The van der Waals surface area contributed by atoms with Gasteiger partial charge in [0.05, 0.1) is 13.2 Å². The van der Waals surface area contributed by atoms with Gasteiger partial charge in [-0.3, -0.25) is 4.57 Å². The molecule has 0 aliphatic carbocycles. The first-order valence-corrected chi connectivity index (χ1v) is 5.06. The van der Waals surface area contributed by atoms with Gasteiger partial charge >= 0.3 is 0 Å². The van der Waals surface area contributed by atoms with Gasteiger partial charge in [0.25, 0.3) is 6.72 Å². The van der Waals surface area contributed by atoms with Crippen LogP contribution in [-0.4, -0.2) is 25.0 Å². The highest BCUT2D eigenvalue weighted by atomic mass is 35.7. The zero-order valence-electron chi connectivity index (χ0n) is 4.50. The molecule has 8 heavy (non-hydrogen) atoms. The van der Waals surface area contributed by atoms with Crippen molar-refractivity contribution in [3.63, 3.8) is 0 Å². The summed E-state index contributed by atoms with van der Waals surface area (Å²) in [5, 5.41) is 8.12. The van der Waals surface area contributed by atoms with E-state index in [0.717, 1.165) is 0 Å². The first-order chi connectivity index (χ1) is 3.56. The fourth-order valence-corrected chi connectivity index (χ4v) is 0.819. The molecule has 0 heterocycles. The Bertz CT molecular complexity index is 98.7. The minimum Gasteiger partial charge on any atom is -0.394 e. The van der Waals surface area contributed by atoms with Gasteiger partial charge in [0.2, 0.25) is 0 Å². The summed E-state index contributed by atoms with van der Waals surface area (Å²) in [5.74, 6) is 0. The lowest BCUT2D eigenvalue weighted by molar-refractivity contribution is 0.207. The average Bonchev–Trinajstić information content (AvgIpc) is 1.59. The fraction of sp³-hybridized carbons (Fsp3) is 1.00. The van der Waals surface area contributed by atoms with Gasteiger partial charge in [0, 0.05) is 6.66 Å². The van der Waals surface area contributed by atoms with E-state index >= 15 is 0 Å². The molecule has 0 radical (unpaired) electrons. The second-order valence-electron chi connectivity index (χ2n) is 1.30. The van der Waals surface area contributed by atoms with Crippen molar-refractivity contribution in [2.45, 2.75) is 0 Å². The number of hydrogen-bond acceptors (Lipinski definition) is 3. The summed E-state index contributed by atoms with van der Waals surface area (Å²) < 4.78 is 14.9. The van der Waals surface area contributed by atoms with Crippen molar-refractivity contribution in [2.75, 3.05) is 19.9 Å². The van der Waals surface area contributed by atoms with Crippen molar-refractivity contribution in [1.29, 1.82) is 0 Å². The lowest BCUT2D eigenvalue weighted by Crippen LogP contribution is -1.93. The van der Waals surface area contributed by atoms with E-state index in [9.17, 15) is 4.57 Å². The number of aliphatic hydroxyl groups excluding tert-OH is 1. The number of rotatable bonds is 3. The van der Waals surface area contributed by atoms with Crippen molar-refractivity contribution >= 4 is 18.0 Å². The van der Waals surface area contributed by atoms with Crippen LogP contribution in [0.5, 0.6) is 0 Å². The Morgan fingerprint density at radius 3 is 2.50 bits per heavy atom. The molecule has 1 N–H and O–H groups in total. The van der Waals surface area contributed by atoms with Crippen LogP contribution in [0.25, 0.3) is 0 Å². The first kappa shape index (κ1) is 8.44. The second-order valence-corrected chi connectivity index (χ2v) is 4.90. The molecule has 0 aromatic heterocycles. The highest BCUT2D eigenvalue weighted by Gasteiger charge is 2.07. The molecular formula is C3H8ClO3P. The predicted octanol–water partition coefficient (Wildman–Crippen LogP) is 1.06. The Morgan fingerprint density at radius 1 is 1.88 bits per heavy atom. The molecule has 3 nitrogen and oxygen atoms in total. The third-order valence-electron chi connectivity index (χ3n) is 0.413. The van der Waals surface area contributed by atoms with Crippen LogP contribution in [0.1, 0.15) is 0 Å². The maximum Gasteiger partial charge on any atom is 0.287 e. The predicted molar refractivity (Wildman–Crippen MR) is 32.4 cm³/mol. The van der Waals surface area contributed by atoms with Crippen LogP contribution in [0.2, 0.25) is 0 Å². The molecule has 0 aromatic rings. The minimum atomic E-state index is -2.87. The van der Waals surface area contributed by atoms with Crippen LogP contribution in [0.15, 0.2) is 0 Å². The molecule has 0 aliphatic heterocycles. The molecule has 0 saturated carbocycles. The zero-order valence-corrected chi connectivity index (χ0v) is 6.15. The van der Waals surface area contributed by atoms with Gasteiger partial charge in [-0.05, 0) is 11.2 Å². The Labute approximate surface area is 52.8 Å². The molecular weight excluding hydrogens is 150 g/mol. The van der Waals surface area contributed by atoms with Gasteiger partial charge in [0.15, 0.2) is 0 Å². The van der Waals surface area contributed by atoms with Crippen molar-refractivity contribution in [3.05, 3.63) is 0 Å². The van der Waals surface area contributed by atoms with Gasteiger partial charge in [0.1, 0.15) is 0 Å². The van der Waals surface area contributed by atoms with Crippen molar-refractivity contribution < 1.29 is 14.2 Å². The lowest BCUT2D eigenvalue weighted by atomic mass is 10.8. The monoisotopic (exact) mass is 158 g/mol. The van der Waals surface area contributed by atoms with Crippen LogP contribution in [-0.2, 0) is 9.09 Å². The molecule has 1 unspecified atom stereocenters. The smallest absolute Gasteiger partial charge is 0.287 e.